The first-order chi connectivity index (χ1) is 30.8. The molecule has 0 spiro atoms. The number of hydrogen-bond donors (Lipinski definition) is 0. The second-order valence-corrected chi connectivity index (χ2v) is 33.1. The van der Waals surface area contributed by atoms with Crippen LogP contribution in [0, 0.1) is 0 Å². The molecule has 7 aromatic carbocycles. The quantitative estimate of drug-likeness (QED) is 0.112. The predicted octanol–water partition coefficient (Wildman–Crippen LogP) is 9.36. The predicted molar refractivity (Wildman–Crippen MR) is 276 cm³/mol. The topological polar surface area (TPSA) is 36.9 Å². The van der Waals surface area contributed by atoms with Crippen LogP contribution in [-0.2, 0) is 16.5 Å². The highest BCUT2D eigenvalue weighted by molar-refractivity contribution is 7.16. The van der Waals surface area contributed by atoms with Crippen LogP contribution in [0.15, 0.2) is 222 Å². The molecule has 4 nitrogen and oxygen atoms in total. The molecule has 1 heterocycles. The number of rotatable bonds is 8. The van der Waals surface area contributed by atoms with E-state index in [0.29, 0.717) is 25.9 Å². The van der Waals surface area contributed by atoms with Crippen LogP contribution in [0.1, 0.15) is 0 Å². The first-order valence-electron chi connectivity index (χ1n) is 20.1. The van der Waals surface area contributed by atoms with Crippen molar-refractivity contribution in [1.82, 2.24) is 0 Å². The van der Waals surface area contributed by atoms with Crippen molar-refractivity contribution in [2.45, 2.75) is 18.5 Å². The Bertz CT molecular complexity index is 2540. The van der Waals surface area contributed by atoms with Crippen LogP contribution in [0.4, 0.5) is 0 Å². The summed E-state index contributed by atoms with van der Waals surface area (Å²) in [7, 11) is -18.2. The van der Waals surface area contributed by atoms with Crippen molar-refractivity contribution in [3.8, 4) is 0 Å². The van der Waals surface area contributed by atoms with E-state index in [4.69, 9.17) is 109 Å². The largest absolute Gasteiger partial charge is 0.404 e. The molecule has 0 N–H and O–H groups in total. The third kappa shape index (κ3) is 7.29. The van der Waals surface area contributed by atoms with Gasteiger partial charge in [0, 0.05) is 0 Å². The minimum atomic E-state index is -5.09. The number of hydrogen-bond acceptors (Lipinski definition) is 4. The zero-order chi connectivity index (χ0) is 44.9. The van der Waals surface area contributed by atoms with Gasteiger partial charge < -0.3 is 16.5 Å². The van der Waals surface area contributed by atoms with E-state index in [-0.39, 0.29) is 10.1 Å². The van der Waals surface area contributed by atoms with Gasteiger partial charge in [0.25, 0.3) is 0 Å². The van der Waals surface area contributed by atoms with Crippen molar-refractivity contribution in [3.63, 3.8) is 0 Å². The molecule has 7 aromatic rings. The van der Waals surface area contributed by atoms with Crippen molar-refractivity contribution in [2.24, 2.45) is 0 Å². The fourth-order valence-corrected chi connectivity index (χ4v) is 36.6. The third-order valence-corrected chi connectivity index (χ3v) is 36.4. The molecule has 2 aliphatic rings. The number of benzene rings is 7. The lowest BCUT2D eigenvalue weighted by Gasteiger charge is -2.60. The summed E-state index contributed by atoms with van der Waals surface area (Å²) < 4.78 is 26.5. The molecular formula is C48H36Cl8O4Si4. The molecule has 2 unspecified atom stereocenters. The minimum absolute atomic E-state index is 0.185. The highest BCUT2D eigenvalue weighted by atomic mass is 35.5. The molecule has 0 aromatic heterocycles. The molecule has 64 heavy (non-hydrogen) atoms. The van der Waals surface area contributed by atoms with Crippen molar-refractivity contribution in [2.75, 3.05) is 0 Å². The van der Waals surface area contributed by atoms with Crippen molar-refractivity contribution >= 4 is 163 Å². The monoisotopic (exact) mass is 1070 g/mol. The van der Waals surface area contributed by atoms with Crippen LogP contribution in [-0.4, -0.2) is 52.8 Å². The molecule has 2 atom stereocenters. The van der Waals surface area contributed by atoms with E-state index in [1.807, 2.05) is 212 Å². The second kappa shape index (κ2) is 18.1. The molecule has 1 saturated heterocycles. The van der Waals surface area contributed by atoms with Crippen LogP contribution in [0.25, 0.3) is 0 Å². The molecule has 16 heteroatoms. The van der Waals surface area contributed by atoms with E-state index in [2.05, 4.69) is 0 Å². The van der Waals surface area contributed by atoms with Crippen LogP contribution >= 0.6 is 92.8 Å². The Morgan fingerprint density at radius 1 is 0.344 bits per heavy atom. The van der Waals surface area contributed by atoms with Crippen LogP contribution < -0.4 is 36.3 Å². The van der Waals surface area contributed by atoms with Crippen molar-refractivity contribution in [3.05, 3.63) is 222 Å². The molecule has 324 valence electrons. The van der Waals surface area contributed by atoms with E-state index < -0.39 is 52.8 Å². The fraction of sp³-hybridized carbons (Fsp3) is 0.0833. The molecule has 0 radical (unpaired) electrons. The number of allylic oxidation sites excluding steroid dienone is 2. The van der Waals surface area contributed by atoms with Gasteiger partial charge in [0.1, 0.15) is 5.38 Å². The Kier molecular flexibility index (Phi) is 13.1. The summed E-state index contributed by atoms with van der Waals surface area (Å²) >= 11 is 60.4. The van der Waals surface area contributed by atoms with Gasteiger partial charge in [0.2, 0.25) is 0 Å². The lowest BCUT2D eigenvalue weighted by Crippen LogP contribution is -2.91. The maximum Gasteiger partial charge on any atom is 0.390 e. The van der Waals surface area contributed by atoms with Gasteiger partial charge in [-0.2, -0.15) is 0 Å². The second-order valence-electron chi connectivity index (χ2n) is 15.3. The normalized spacial score (nSPS) is 23.0. The van der Waals surface area contributed by atoms with E-state index in [1.165, 1.54) is 0 Å². The van der Waals surface area contributed by atoms with Crippen molar-refractivity contribution in [1.29, 1.82) is 0 Å². The lowest BCUT2D eigenvalue weighted by molar-refractivity contribution is 0.248. The van der Waals surface area contributed by atoms with Crippen molar-refractivity contribution < 1.29 is 16.5 Å². The average Bonchev–Trinajstić information content (AvgIpc) is 3.35. The molecular weight excluding hydrogens is 1040 g/mol. The first kappa shape index (κ1) is 46.4. The zero-order valence-electron chi connectivity index (χ0n) is 33.4. The summed E-state index contributed by atoms with van der Waals surface area (Å²) in [4.78, 5) is 0. The number of halogens is 8. The molecule has 1 aliphatic carbocycles. The van der Waals surface area contributed by atoms with Gasteiger partial charge in [0.05, 0.1) is 10.1 Å². The molecule has 0 bridgehead atoms. The Labute approximate surface area is 417 Å². The molecule has 9 rings (SSSR count). The lowest BCUT2D eigenvalue weighted by atomic mass is 10.0. The van der Waals surface area contributed by atoms with E-state index in [1.54, 1.807) is 0 Å². The molecule has 1 fully saturated rings. The molecule has 0 amide bonds. The SMILES string of the molecule is ClC1=C(Cl)C(Cl)([Si]2(c3ccccc3)O[Si](c3ccccc3)(c3ccccc3)O[Si](c3ccccc3)(c3ccccc3)O[Si](c3ccccc3)(c3ccccc3)O2)C(Cl)(Cl)C(Cl)(Cl)C1Cl. The van der Waals surface area contributed by atoms with Crippen LogP contribution in [0.3, 0.4) is 0 Å². The average molecular weight is 1070 g/mol. The van der Waals surface area contributed by atoms with E-state index >= 15 is 0 Å². The standard InChI is InChI=1S/C48H36Cl8O4Si4/c49-43-44(50)46(52,53)48(55,56)47(54,45(43)51)64(42-34-20-7-21-35-42)59-62(38-26-12-3-13-27-38,39-28-14-4-15-29-39)57-61(36-22-8-1-9-23-36,37-24-10-2-11-25-37)58-63(60-64,40-30-16-5-17-31-40)41-32-18-6-19-33-41/h1-35,44H. The third-order valence-electron chi connectivity index (χ3n) is 11.6. The van der Waals surface area contributed by atoms with Gasteiger partial charge in [-0.25, -0.2) is 0 Å². The summed E-state index contributed by atoms with van der Waals surface area (Å²) in [6, 6.07) is 68.2. The number of alkyl halides is 6. The minimum Gasteiger partial charge on any atom is -0.404 e. The van der Waals surface area contributed by atoms with E-state index in [0.717, 1.165) is 10.4 Å². The first-order valence-corrected chi connectivity index (χ1v) is 30.5. The Hall–Kier alpha value is -2.69. The Balaban J connectivity index is 1.56. The Morgan fingerprint density at radius 2 is 0.578 bits per heavy atom. The summed E-state index contributed by atoms with van der Waals surface area (Å²) in [5.41, 5.74) is 0. The maximum atomic E-state index is 8.46. The van der Waals surface area contributed by atoms with E-state index in [9.17, 15) is 0 Å². The van der Waals surface area contributed by atoms with Crippen LogP contribution in [0.5, 0.6) is 0 Å². The highest BCUT2D eigenvalue weighted by Gasteiger charge is 2.83. The summed E-state index contributed by atoms with van der Waals surface area (Å²) in [6.45, 7) is 0. The fourth-order valence-electron chi connectivity index (χ4n) is 8.47. The summed E-state index contributed by atoms with van der Waals surface area (Å²) in [5, 5.41) is 2.94. The van der Waals surface area contributed by atoms with Gasteiger partial charge in [-0.05, 0) is 36.3 Å². The smallest absolute Gasteiger partial charge is 0.390 e. The molecule has 1 aliphatic heterocycles. The van der Waals surface area contributed by atoms with Gasteiger partial charge in [-0.15, -0.1) is 23.2 Å². The summed E-state index contributed by atoms with van der Waals surface area (Å²) in [6.07, 6.45) is 0. The van der Waals surface area contributed by atoms with Crippen LogP contribution in [0.2, 0.25) is 0 Å². The maximum absolute atomic E-state index is 8.46. The van der Waals surface area contributed by atoms with Gasteiger partial charge in [-0.3, -0.25) is 0 Å². The van der Waals surface area contributed by atoms with Gasteiger partial charge in [0.15, 0.2) is 13.2 Å². The Morgan fingerprint density at radius 3 is 0.844 bits per heavy atom. The highest BCUT2D eigenvalue weighted by Crippen LogP contribution is 2.67. The zero-order valence-corrected chi connectivity index (χ0v) is 43.5. The van der Waals surface area contributed by atoms with Gasteiger partial charge in [-0.1, -0.05) is 282 Å². The molecule has 0 saturated carbocycles. The van der Waals surface area contributed by atoms with Gasteiger partial charge >= 0.3 is 34.2 Å². The summed E-state index contributed by atoms with van der Waals surface area (Å²) in [5.74, 6) is 0.